The van der Waals surface area contributed by atoms with Crippen LogP contribution >= 0.6 is 0 Å². The van der Waals surface area contributed by atoms with Crippen LogP contribution in [0.15, 0.2) is 17.2 Å². The van der Waals surface area contributed by atoms with Gasteiger partial charge in [-0.05, 0) is 12.8 Å². The summed E-state index contributed by atoms with van der Waals surface area (Å²) in [5, 5.41) is 0. The second-order valence-corrected chi connectivity index (χ2v) is 3.91. The largest absolute Gasteiger partial charge is 0.329 e. The first kappa shape index (κ1) is 9.52. The average Bonchev–Trinajstić information content (AvgIpc) is 2.77. The standard InChI is InChI=1S/C10H17N3O/c11-5-6-12-7-8-13(10(12)14)9-3-1-2-4-9/h7-9H,1-6,11H2. The number of nitrogens with zero attached hydrogens (tertiary/aromatic N) is 2. The number of aromatic nitrogens is 2. The van der Waals surface area contributed by atoms with E-state index in [1.807, 2.05) is 17.0 Å². The number of imidazole rings is 1. The zero-order chi connectivity index (χ0) is 9.97. The molecule has 0 bridgehead atoms. The van der Waals surface area contributed by atoms with Gasteiger partial charge in [-0.25, -0.2) is 4.79 Å². The fourth-order valence-electron chi connectivity index (χ4n) is 2.20. The van der Waals surface area contributed by atoms with Gasteiger partial charge in [-0.1, -0.05) is 12.8 Å². The van der Waals surface area contributed by atoms with Gasteiger partial charge >= 0.3 is 5.69 Å². The maximum absolute atomic E-state index is 11.8. The van der Waals surface area contributed by atoms with E-state index < -0.39 is 0 Å². The van der Waals surface area contributed by atoms with E-state index in [0.717, 1.165) is 12.8 Å². The van der Waals surface area contributed by atoms with Crippen LogP contribution in [0.4, 0.5) is 0 Å². The Hall–Kier alpha value is -1.03. The van der Waals surface area contributed by atoms with Gasteiger partial charge < -0.3 is 5.73 Å². The molecular formula is C10H17N3O. The number of nitrogens with two attached hydrogens (primary N) is 1. The van der Waals surface area contributed by atoms with Gasteiger partial charge in [0.05, 0.1) is 0 Å². The molecule has 0 aliphatic heterocycles. The monoisotopic (exact) mass is 195 g/mol. The van der Waals surface area contributed by atoms with Crippen molar-refractivity contribution in [3.8, 4) is 0 Å². The molecule has 1 aromatic heterocycles. The van der Waals surface area contributed by atoms with Crippen molar-refractivity contribution in [3.05, 3.63) is 22.9 Å². The van der Waals surface area contributed by atoms with Crippen LogP contribution < -0.4 is 11.4 Å². The molecule has 1 aliphatic rings. The Bertz CT molecular complexity index is 346. The van der Waals surface area contributed by atoms with E-state index in [1.165, 1.54) is 12.8 Å². The first-order valence-electron chi connectivity index (χ1n) is 5.30. The molecular weight excluding hydrogens is 178 g/mol. The third kappa shape index (κ3) is 1.62. The molecule has 4 heteroatoms. The maximum atomic E-state index is 11.8. The minimum atomic E-state index is 0.0994. The van der Waals surface area contributed by atoms with Crippen molar-refractivity contribution in [1.82, 2.24) is 9.13 Å². The van der Waals surface area contributed by atoms with Gasteiger partial charge in [0.2, 0.25) is 0 Å². The summed E-state index contributed by atoms with van der Waals surface area (Å²) in [5.41, 5.74) is 5.52. The van der Waals surface area contributed by atoms with Crippen molar-refractivity contribution < 1.29 is 0 Å². The molecule has 2 N–H and O–H groups in total. The molecule has 2 rings (SSSR count). The second-order valence-electron chi connectivity index (χ2n) is 3.91. The lowest BCUT2D eigenvalue weighted by Gasteiger charge is -2.08. The summed E-state index contributed by atoms with van der Waals surface area (Å²) in [4.78, 5) is 11.8. The number of hydrogen-bond acceptors (Lipinski definition) is 2. The highest BCUT2D eigenvalue weighted by Crippen LogP contribution is 2.27. The van der Waals surface area contributed by atoms with E-state index in [2.05, 4.69) is 0 Å². The van der Waals surface area contributed by atoms with Gasteiger partial charge in [-0.15, -0.1) is 0 Å². The third-order valence-corrected chi connectivity index (χ3v) is 2.96. The number of hydrogen-bond donors (Lipinski definition) is 1. The van der Waals surface area contributed by atoms with Crippen LogP contribution in [-0.4, -0.2) is 15.7 Å². The normalized spacial score (nSPS) is 17.8. The first-order valence-corrected chi connectivity index (χ1v) is 5.30. The molecule has 78 valence electrons. The SMILES string of the molecule is NCCn1ccn(C2CCCC2)c1=O. The van der Waals surface area contributed by atoms with Gasteiger partial charge in [0, 0.05) is 31.5 Å². The summed E-state index contributed by atoms with van der Waals surface area (Å²) in [7, 11) is 0. The molecule has 1 heterocycles. The van der Waals surface area contributed by atoms with E-state index in [1.54, 1.807) is 4.57 Å². The van der Waals surface area contributed by atoms with Gasteiger partial charge in [-0.3, -0.25) is 9.13 Å². The Kier molecular flexibility index (Phi) is 2.72. The molecule has 0 saturated heterocycles. The van der Waals surface area contributed by atoms with Crippen molar-refractivity contribution in [2.45, 2.75) is 38.3 Å². The van der Waals surface area contributed by atoms with Crippen LogP contribution in [0.1, 0.15) is 31.7 Å². The van der Waals surface area contributed by atoms with E-state index in [4.69, 9.17) is 5.73 Å². The molecule has 0 radical (unpaired) electrons. The molecule has 0 unspecified atom stereocenters. The Labute approximate surface area is 83.3 Å². The van der Waals surface area contributed by atoms with Crippen molar-refractivity contribution >= 4 is 0 Å². The predicted octanol–water partition coefficient (Wildman–Crippen LogP) is 0.724. The fourth-order valence-corrected chi connectivity index (χ4v) is 2.20. The third-order valence-electron chi connectivity index (χ3n) is 2.96. The predicted molar refractivity (Wildman–Crippen MR) is 55.3 cm³/mol. The van der Waals surface area contributed by atoms with Crippen molar-refractivity contribution in [3.63, 3.8) is 0 Å². The highest BCUT2D eigenvalue weighted by Gasteiger charge is 2.18. The van der Waals surface area contributed by atoms with Crippen molar-refractivity contribution in [1.29, 1.82) is 0 Å². The summed E-state index contributed by atoms with van der Waals surface area (Å²) >= 11 is 0. The highest BCUT2D eigenvalue weighted by molar-refractivity contribution is 4.87. The molecule has 14 heavy (non-hydrogen) atoms. The molecule has 0 spiro atoms. The van der Waals surface area contributed by atoms with Crippen LogP contribution in [-0.2, 0) is 6.54 Å². The Morgan fingerprint density at radius 2 is 2.07 bits per heavy atom. The Morgan fingerprint density at radius 3 is 2.71 bits per heavy atom. The lowest BCUT2D eigenvalue weighted by molar-refractivity contribution is 0.490. The summed E-state index contributed by atoms with van der Waals surface area (Å²) < 4.78 is 3.56. The van der Waals surface area contributed by atoms with Gasteiger partial charge in [0.25, 0.3) is 0 Å². The summed E-state index contributed by atoms with van der Waals surface area (Å²) in [6.45, 7) is 1.15. The molecule has 0 atom stereocenters. The zero-order valence-corrected chi connectivity index (χ0v) is 8.35. The van der Waals surface area contributed by atoms with Crippen LogP contribution in [0.3, 0.4) is 0 Å². The van der Waals surface area contributed by atoms with Crippen LogP contribution in [0.25, 0.3) is 0 Å². The van der Waals surface area contributed by atoms with Crippen molar-refractivity contribution in [2.24, 2.45) is 5.73 Å². The molecule has 1 aliphatic carbocycles. The van der Waals surface area contributed by atoms with Gasteiger partial charge in [0.15, 0.2) is 0 Å². The van der Waals surface area contributed by atoms with Crippen LogP contribution in [0.5, 0.6) is 0 Å². The highest BCUT2D eigenvalue weighted by atomic mass is 16.1. The summed E-state index contributed by atoms with van der Waals surface area (Å²) in [6.07, 6.45) is 8.53. The zero-order valence-electron chi connectivity index (χ0n) is 8.35. The number of rotatable bonds is 3. The van der Waals surface area contributed by atoms with E-state index >= 15 is 0 Å². The molecule has 0 aromatic carbocycles. The minimum Gasteiger partial charge on any atom is -0.329 e. The molecule has 1 fully saturated rings. The molecule has 4 nitrogen and oxygen atoms in total. The van der Waals surface area contributed by atoms with Gasteiger partial charge in [0.1, 0.15) is 0 Å². The molecule has 0 amide bonds. The molecule has 1 aromatic rings. The lowest BCUT2D eigenvalue weighted by Crippen LogP contribution is -2.28. The topological polar surface area (TPSA) is 52.9 Å². The quantitative estimate of drug-likeness (QED) is 0.772. The summed E-state index contributed by atoms with van der Waals surface area (Å²) in [5.74, 6) is 0. The first-order chi connectivity index (χ1) is 6.83. The lowest BCUT2D eigenvalue weighted by atomic mass is 10.2. The Balaban J connectivity index is 2.21. The fraction of sp³-hybridized carbons (Fsp3) is 0.700. The Morgan fingerprint density at radius 1 is 1.36 bits per heavy atom. The van der Waals surface area contributed by atoms with Gasteiger partial charge in [-0.2, -0.15) is 0 Å². The van der Waals surface area contributed by atoms with Crippen LogP contribution in [0, 0.1) is 0 Å². The minimum absolute atomic E-state index is 0.0994. The maximum Gasteiger partial charge on any atom is 0.328 e. The molecule has 1 saturated carbocycles. The van der Waals surface area contributed by atoms with E-state index in [0.29, 0.717) is 19.1 Å². The smallest absolute Gasteiger partial charge is 0.328 e. The van der Waals surface area contributed by atoms with E-state index in [9.17, 15) is 4.79 Å². The average molecular weight is 195 g/mol. The van der Waals surface area contributed by atoms with Crippen LogP contribution in [0.2, 0.25) is 0 Å². The second kappa shape index (κ2) is 4.00. The van der Waals surface area contributed by atoms with E-state index in [-0.39, 0.29) is 5.69 Å². The summed E-state index contributed by atoms with van der Waals surface area (Å²) in [6, 6.07) is 0.432. The van der Waals surface area contributed by atoms with Crippen molar-refractivity contribution in [2.75, 3.05) is 6.54 Å².